The predicted molar refractivity (Wildman–Crippen MR) is 106 cm³/mol. The molecule has 1 atom stereocenters. The van der Waals surface area contributed by atoms with Crippen molar-refractivity contribution in [3.63, 3.8) is 0 Å². The third-order valence-corrected chi connectivity index (χ3v) is 4.80. The van der Waals surface area contributed by atoms with E-state index in [2.05, 4.69) is 15.6 Å². The van der Waals surface area contributed by atoms with E-state index in [-0.39, 0.29) is 23.5 Å². The molecule has 2 amide bonds. The summed E-state index contributed by atoms with van der Waals surface area (Å²) >= 11 is 5.97. The van der Waals surface area contributed by atoms with Crippen molar-refractivity contribution in [2.24, 2.45) is 0 Å². The van der Waals surface area contributed by atoms with Crippen LogP contribution >= 0.6 is 11.6 Å². The summed E-state index contributed by atoms with van der Waals surface area (Å²) in [6.45, 7) is 1.14. The molecule has 0 aliphatic carbocycles. The lowest BCUT2D eigenvalue weighted by Crippen LogP contribution is -2.33. The lowest BCUT2D eigenvalue weighted by atomic mass is 10.2. The van der Waals surface area contributed by atoms with Crippen LogP contribution in [0.2, 0.25) is 5.02 Å². The van der Waals surface area contributed by atoms with Gasteiger partial charge in [-0.25, -0.2) is 4.98 Å². The zero-order valence-corrected chi connectivity index (χ0v) is 15.8. The van der Waals surface area contributed by atoms with Gasteiger partial charge < -0.3 is 15.4 Å². The summed E-state index contributed by atoms with van der Waals surface area (Å²) in [6.07, 6.45) is 3.66. The van der Waals surface area contributed by atoms with Crippen LogP contribution in [0.1, 0.15) is 33.9 Å². The van der Waals surface area contributed by atoms with Crippen LogP contribution in [0, 0.1) is 0 Å². The Kier molecular flexibility index (Phi) is 5.27. The molecular formula is C20H19ClN4O3. The molecule has 4 rings (SSSR count). The summed E-state index contributed by atoms with van der Waals surface area (Å²) < 4.78 is 7.14. The molecule has 0 bridgehead atoms. The van der Waals surface area contributed by atoms with Crippen molar-refractivity contribution < 1.29 is 14.3 Å². The van der Waals surface area contributed by atoms with Gasteiger partial charge in [-0.15, -0.1) is 0 Å². The molecule has 7 nitrogen and oxygen atoms in total. The minimum atomic E-state index is -0.413. The van der Waals surface area contributed by atoms with Gasteiger partial charge in [0.15, 0.2) is 5.69 Å². The minimum Gasteiger partial charge on any atom is -0.376 e. The lowest BCUT2D eigenvalue weighted by Gasteiger charge is -2.10. The third kappa shape index (κ3) is 3.85. The van der Waals surface area contributed by atoms with Gasteiger partial charge in [-0.05, 0) is 43.2 Å². The SMILES string of the molecule is O=C(Nc1cccc(Cl)c1)c1nc(C(=O)NCC2CCCO2)n2ccccc12. The van der Waals surface area contributed by atoms with Crippen molar-refractivity contribution in [2.75, 3.05) is 18.5 Å². The van der Waals surface area contributed by atoms with Crippen molar-refractivity contribution in [2.45, 2.75) is 18.9 Å². The maximum atomic E-state index is 12.8. The topological polar surface area (TPSA) is 84.7 Å². The smallest absolute Gasteiger partial charge is 0.287 e. The Balaban J connectivity index is 1.58. The summed E-state index contributed by atoms with van der Waals surface area (Å²) in [4.78, 5) is 29.7. The number of carbonyl (C=O) groups excluding carboxylic acids is 2. The van der Waals surface area contributed by atoms with Gasteiger partial charge in [0.05, 0.1) is 11.6 Å². The van der Waals surface area contributed by atoms with E-state index in [9.17, 15) is 9.59 Å². The fraction of sp³-hybridized carbons (Fsp3) is 0.250. The number of benzene rings is 1. The number of anilines is 1. The molecule has 2 N–H and O–H groups in total. The number of pyridine rings is 1. The number of fused-ring (bicyclic) bond motifs is 1. The number of hydrogen-bond acceptors (Lipinski definition) is 4. The molecular weight excluding hydrogens is 380 g/mol. The number of aromatic nitrogens is 2. The van der Waals surface area contributed by atoms with E-state index in [1.807, 2.05) is 0 Å². The Morgan fingerprint density at radius 1 is 1.21 bits per heavy atom. The zero-order chi connectivity index (χ0) is 19.5. The molecule has 1 aliphatic rings. The molecule has 28 heavy (non-hydrogen) atoms. The normalized spacial score (nSPS) is 16.2. The number of carbonyl (C=O) groups is 2. The number of halogens is 1. The van der Waals surface area contributed by atoms with Gasteiger partial charge in [0.1, 0.15) is 0 Å². The Bertz CT molecular complexity index is 1030. The third-order valence-electron chi connectivity index (χ3n) is 4.56. The zero-order valence-electron chi connectivity index (χ0n) is 15.0. The van der Waals surface area contributed by atoms with E-state index in [0.29, 0.717) is 22.8 Å². The average Bonchev–Trinajstić information content (AvgIpc) is 3.34. The molecule has 3 aromatic rings. The van der Waals surface area contributed by atoms with Crippen LogP contribution in [-0.4, -0.2) is 40.5 Å². The first kappa shape index (κ1) is 18.5. The molecule has 1 aliphatic heterocycles. The summed E-state index contributed by atoms with van der Waals surface area (Å²) in [6, 6.07) is 12.2. The molecule has 1 fully saturated rings. The number of nitrogens with one attached hydrogen (secondary N) is 2. The summed E-state index contributed by atoms with van der Waals surface area (Å²) in [5.41, 5.74) is 1.27. The van der Waals surface area contributed by atoms with Gasteiger partial charge in [-0.3, -0.25) is 14.0 Å². The Hall–Kier alpha value is -2.90. The van der Waals surface area contributed by atoms with Crippen molar-refractivity contribution in [1.29, 1.82) is 0 Å². The van der Waals surface area contributed by atoms with Crippen LogP contribution in [0.5, 0.6) is 0 Å². The van der Waals surface area contributed by atoms with E-state index in [1.54, 1.807) is 53.1 Å². The quantitative estimate of drug-likeness (QED) is 0.691. The van der Waals surface area contributed by atoms with Crippen LogP contribution < -0.4 is 10.6 Å². The van der Waals surface area contributed by atoms with Crippen molar-refractivity contribution in [3.05, 3.63) is 65.2 Å². The second-order valence-electron chi connectivity index (χ2n) is 6.55. The summed E-state index contributed by atoms with van der Waals surface area (Å²) in [7, 11) is 0. The first-order valence-corrected chi connectivity index (χ1v) is 9.43. The average molecular weight is 399 g/mol. The van der Waals surface area contributed by atoms with Crippen LogP contribution in [0.15, 0.2) is 48.7 Å². The van der Waals surface area contributed by atoms with Crippen molar-refractivity contribution in [1.82, 2.24) is 14.7 Å². The van der Waals surface area contributed by atoms with Crippen molar-refractivity contribution >= 4 is 34.6 Å². The number of rotatable bonds is 5. The molecule has 2 aromatic heterocycles. The monoisotopic (exact) mass is 398 g/mol. The lowest BCUT2D eigenvalue weighted by molar-refractivity contribution is 0.0848. The van der Waals surface area contributed by atoms with Gasteiger partial charge in [0, 0.05) is 30.1 Å². The number of amides is 2. The highest BCUT2D eigenvalue weighted by molar-refractivity contribution is 6.31. The van der Waals surface area contributed by atoms with Crippen molar-refractivity contribution in [3.8, 4) is 0 Å². The number of nitrogens with zero attached hydrogens (tertiary/aromatic N) is 2. The molecule has 3 heterocycles. The molecule has 1 aromatic carbocycles. The van der Waals surface area contributed by atoms with Gasteiger partial charge in [0.25, 0.3) is 11.8 Å². The van der Waals surface area contributed by atoms with E-state index >= 15 is 0 Å². The highest BCUT2D eigenvalue weighted by Gasteiger charge is 2.23. The molecule has 8 heteroatoms. The van der Waals surface area contributed by atoms with E-state index in [0.717, 1.165) is 19.4 Å². The fourth-order valence-electron chi connectivity index (χ4n) is 3.21. The number of imidazole rings is 1. The maximum absolute atomic E-state index is 12.8. The van der Waals surface area contributed by atoms with Gasteiger partial charge in [-0.2, -0.15) is 0 Å². The molecule has 144 valence electrons. The van der Waals surface area contributed by atoms with Crippen LogP contribution in [0.3, 0.4) is 0 Å². The highest BCUT2D eigenvalue weighted by atomic mass is 35.5. The van der Waals surface area contributed by atoms with E-state index < -0.39 is 5.91 Å². The second kappa shape index (κ2) is 8.00. The molecule has 0 spiro atoms. The standard InChI is InChI=1S/C20H19ClN4O3/c21-13-5-3-6-14(11-13)23-19(26)17-16-8-1-2-9-25(16)18(24-17)20(27)22-12-15-7-4-10-28-15/h1-3,5-6,8-9,11,15H,4,7,10,12H2,(H,22,27)(H,23,26). The number of hydrogen-bond donors (Lipinski definition) is 2. The first-order valence-electron chi connectivity index (χ1n) is 9.05. The fourth-order valence-corrected chi connectivity index (χ4v) is 3.40. The molecule has 0 radical (unpaired) electrons. The minimum absolute atomic E-state index is 0.0285. The molecule has 1 unspecified atom stereocenters. The largest absolute Gasteiger partial charge is 0.376 e. The molecule has 1 saturated heterocycles. The molecule has 0 saturated carbocycles. The number of ether oxygens (including phenoxy) is 1. The van der Waals surface area contributed by atoms with E-state index in [4.69, 9.17) is 16.3 Å². The Morgan fingerprint density at radius 2 is 2.11 bits per heavy atom. The Morgan fingerprint density at radius 3 is 2.89 bits per heavy atom. The van der Waals surface area contributed by atoms with Crippen LogP contribution in [-0.2, 0) is 4.74 Å². The van der Waals surface area contributed by atoms with Gasteiger partial charge in [-0.1, -0.05) is 23.7 Å². The summed E-state index contributed by atoms with van der Waals surface area (Å²) in [5, 5.41) is 6.13. The van der Waals surface area contributed by atoms with E-state index in [1.165, 1.54) is 0 Å². The van der Waals surface area contributed by atoms with Crippen LogP contribution in [0.25, 0.3) is 5.52 Å². The maximum Gasteiger partial charge on any atom is 0.287 e. The second-order valence-corrected chi connectivity index (χ2v) is 6.99. The first-order chi connectivity index (χ1) is 13.6. The highest BCUT2D eigenvalue weighted by Crippen LogP contribution is 2.19. The van der Waals surface area contributed by atoms with Gasteiger partial charge >= 0.3 is 0 Å². The summed E-state index contributed by atoms with van der Waals surface area (Å²) in [5.74, 6) is -0.604. The predicted octanol–water partition coefficient (Wildman–Crippen LogP) is 3.15. The van der Waals surface area contributed by atoms with Gasteiger partial charge in [0.2, 0.25) is 5.82 Å². The Labute approximate surface area is 166 Å². The van der Waals surface area contributed by atoms with Crippen LogP contribution in [0.4, 0.5) is 5.69 Å².